The summed E-state index contributed by atoms with van der Waals surface area (Å²) in [4.78, 5) is 23.7. The van der Waals surface area contributed by atoms with Crippen molar-refractivity contribution >= 4 is 17.5 Å². The number of rotatable bonds is 5. The van der Waals surface area contributed by atoms with Gasteiger partial charge in [0.05, 0.1) is 17.7 Å². The van der Waals surface area contributed by atoms with Crippen LogP contribution in [0.15, 0.2) is 55.1 Å². The van der Waals surface area contributed by atoms with Gasteiger partial charge in [0, 0.05) is 41.1 Å². The third-order valence-electron chi connectivity index (χ3n) is 5.21. The van der Waals surface area contributed by atoms with Crippen molar-refractivity contribution in [1.29, 1.82) is 0 Å². The Balaban J connectivity index is 1.61. The molecule has 0 saturated carbocycles. The number of piperidine rings is 1. The average Bonchev–Trinajstić information content (AvgIpc) is 3.12. The lowest BCUT2D eigenvalue weighted by Gasteiger charge is -2.30. The number of carbonyl (C=O) groups is 1. The minimum absolute atomic E-state index is 0.000613. The molecule has 1 amide bonds. The molecule has 1 aromatic carbocycles. The maximum atomic E-state index is 12.8. The van der Waals surface area contributed by atoms with Crippen LogP contribution in [0.3, 0.4) is 0 Å². The highest BCUT2D eigenvalue weighted by atomic mass is 35.5. The molecule has 3 heterocycles. The molecule has 0 bridgehead atoms. The van der Waals surface area contributed by atoms with Crippen LogP contribution in [0.5, 0.6) is 0 Å². The minimum atomic E-state index is 0.000613. The van der Waals surface area contributed by atoms with Crippen LogP contribution in [0.2, 0.25) is 5.02 Å². The number of likely N-dealkylation sites (N-methyl/N-ethyl adjacent to an activating group) is 1. The van der Waals surface area contributed by atoms with Crippen LogP contribution in [-0.4, -0.2) is 51.5 Å². The fourth-order valence-corrected chi connectivity index (χ4v) is 3.97. The lowest BCUT2D eigenvalue weighted by atomic mass is 10.1. The summed E-state index contributed by atoms with van der Waals surface area (Å²) in [5.74, 6) is 0.000613. The number of nitrogens with zero attached hydrogens (tertiary/aromatic N) is 4. The summed E-state index contributed by atoms with van der Waals surface area (Å²) in [6.07, 6.45) is 7.35. The van der Waals surface area contributed by atoms with Crippen LogP contribution in [0.1, 0.15) is 12.8 Å². The summed E-state index contributed by atoms with van der Waals surface area (Å²) >= 11 is 6.04. The minimum Gasteiger partial charge on any atom is -0.351 e. The van der Waals surface area contributed by atoms with E-state index >= 15 is 0 Å². The van der Waals surface area contributed by atoms with Crippen LogP contribution in [0, 0.1) is 0 Å². The fourth-order valence-electron chi connectivity index (χ4n) is 3.85. The van der Waals surface area contributed by atoms with E-state index in [2.05, 4.69) is 27.2 Å². The van der Waals surface area contributed by atoms with Crippen molar-refractivity contribution in [2.75, 3.05) is 20.1 Å². The van der Waals surface area contributed by atoms with Gasteiger partial charge >= 0.3 is 0 Å². The molecule has 1 aliphatic heterocycles. The number of aromatic nitrogens is 3. The largest absolute Gasteiger partial charge is 0.351 e. The van der Waals surface area contributed by atoms with Gasteiger partial charge in [-0.3, -0.25) is 9.78 Å². The summed E-state index contributed by atoms with van der Waals surface area (Å²) in [5.41, 5.74) is 3.63. The Kier molecular flexibility index (Phi) is 5.92. The predicted octanol–water partition coefficient (Wildman–Crippen LogP) is 3.48. The number of carbonyl (C=O) groups excluding carboxylic acids is 1. The van der Waals surface area contributed by atoms with E-state index in [4.69, 9.17) is 11.6 Å². The van der Waals surface area contributed by atoms with Gasteiger partial charge in [-0.25, -0.2) is 4.98 Å². The molecule has 0 aliphatic carbocycles. The normalized spacial score (nSPS) is 17.2. The molecule has 1 atom stereocenters. The van der Waals surface area contributed by atoms with Crippen molar-refractivity contribution in [2.45, 2.75) is 25.4 Å². The monoisotopic (exact) mass is 409 g/mol. The highest BCUT2D eigenvalue weighted by Gasteiger charge is 2.21. The maximum Gasteiger partial charge on any atom is 0.240 e. The first-order valence-electron chi connectivity index (χ1n) is 9.79. The Morgan fingerprint density at radius 2 is 1.93 bits per heavy atom. The summed E-state index contributed by atoms with van der Waals surface area (Å²) < 4.78 is 1.90. The zero-order chi connectivity index (χ0) is 20.2. The third-order valence-corrected chi connectivity index (χ3v) is 5.46. The van der Waals surface area contributed by atoms with Gasteiger partial charge in [0.2, 0.25) is 5.91 Å². The molecule has 6 nitrogen and oxygen atoms in total. The molecule has 150 valence electrons. The molecule has 0 unspecified atom stereocenters. The van der Waals surface area contributed by atoms with Crippen LogP contribution >= 0.6 is 11.6 Å². The van der Waals surface area contributed by atoms with Gasteiger partial charge in [-0.05, 0) is 50.7 Å². The third kappa shape index (κ3) is 4.66. The summed E-state index contributed by atoms with van der Waals surface area (Å²) in [6.45, 7) is 2.20. The van der Waals surface area contributed by atoms with Gasteiger partial charge in [0.25, 0.3) is 0 Å². The molecule has 1 aliphatic rings. The van der Waals surface area contributed by atoms with Crippen LogP contribution in [0.25, 0.3) is 22.5 Å². The van der Waals surface area contributed by atoms with Gasteiger partial charge in [-0.2, -0.15) is 0 Å². The van der Waals surface area contributed by atoms with E-state index in [0.29, 0.717) is 5.02 Å². The first-order chi connectivity index (χ1) is 14.1. The van der Waals surface area contributed by atoms with Gasteiger partial charge in [-0.15, -0.1) is 0 Å². The van der Waals surface area contributed by atoms with E-state index in [1.807, 2.05) is 41.0 Å². The Labute approximate surface area is 175 Å². The van der Waals surface area contributed by atoms with E-state index in [1.54, 1.807) is 18.7 Å². The number of benzene rings is 1. The first kappa shape index (κ1) is 19.6. The second-order valence-corrected chi connectivity index (χ2v) is 7.92. The molecule has 0 radical (unpaired) electrons. The number of amides is 1. The fraction of sp³-hybridized carbons (Fsp3) is 0.318. The Hall–Kier alpha value is -2.70. The van der Waals surface area contributed by atoms with E-state index in [1.165, 1.54) is 0 Å². The molecule has 1 N–H and O–H groups in total. The van der Waals surface area contributed by atoms with Crippen LogP contribution in [0.4, 0.5) is 0 Å². The van der Waals surface area contributed by atoms with Gasteiger partial charge in [0.15, 0.2) is 0 Å². The number of pyridine rings is 1. The number of imidazole rings is 1. The quantitative estimate of drug-likeness (QED) is 0.700. The number of likely N-dealkylation sites (tertiary alicyclic amines) is 1. The number of hydrogen-bond donors (Lipinski definition) is 1. The topological polar surface area (TPSA) is 63.1 Å². The highest BCUT2D eigenvalue weighted by molar-refractivity contribution is 6.30. The molecule has 0 spiro atoms. The Morgan fingerprint density at radius 1 is 1.17 bits per heavy atom. The SMILES string of the molecule is CN1CCC[C@H](NC(=O)Cn2cnc(-c3ccc(Cl)cc3)c2-c2ccncc2)C1. The van der Waals surface area contributed by atoms with E-state index in [0.717, 1.165) is 48.4 Å². The molecule has 29 heavy (non-hydrogen) atoms. The summed E-state index contributed by atoms with van der Waals surface area (Å²) in [5, 5.41) is 3.85. The maximum absolute atomic E-state index is 12.8. The molecule has 3 aromatic rings. The number of halogens is 1. The average molecular weight is 410 g/mol. The molecular formula is C22H24ClN5O. The second kappa shape index (κ2) is 8.76. The van der Waals surface area contributed by atoms with E-state index in [-0.39, 0.29) is 18.5 Å². The van der Waals surface area contributed by atoms with Crippen LogP contribution in [-0.2, 0) is 11.3 Å². The smallest absolute Gasteiger partial charge is 0.240 e. The van der Waals surface area contributed by atoms with Crippen molar-refractivity contribution < 1.29 is 4.79 Å². The molecule has 4 rings (SSSR count). The molecule has 2 aromatic heterocycles. The van der Waals surface area contributed by atoms with Gasteiger partial charge < -0.3 is 14.8 Å². The standard InChI is InChI=1S/C22H24ClN5O/c1-27-12-2-3-19(13-27)26-20(29)14-28-15-25-21(16-4-6-18(23)7-5-16)22(28)17-8-10-24-11-9-17/h4-11,15,19H,2-3,12-14H2,1H3,(H,26,29)/t19-/m0/s1. The predicted molar refractivity (Wildman–Crippen MR) is 115 cm³/mol. The zero-order valence-corrected chi connectivity index (χ0v) is 17.1. The Bertz CT molecular complexity index is 971. The van der Waals surface area contributed by atoms with Crippen LogP contribution < -0.4 is 5.32 Å². The number of nitrogens with one attached hydrogen (secondary N) is 1. The highest BCUT2D eigenvalue weighted by Crippen LogP contribution is 2.31. The van der Waals surface area contributed by atoms with Crippen molar-refractivity contribution in [3.63, 3.8) is 0 Å². The van der Waals surface area contributed by atoms with Gasteiger partial charge in [0.1, 0.15) is 6.54 Å². The molecule has 1 fully saturated rings. The van der Waals surface area contributed by atoms with Crippen molar-refractivity contribution in [3.8, 4) is 22.5 Å². The Morgan fingerprint density at radius 3 is 2.66 bits per heavy atom. The number of hydrogen-bond acceptors (Lipinski definition) is 4. The zero-order valence-electron chi connectivity index (χ0n) is 16.4. The molecule has 1 saturated heterocycles. The molecular weight excluding hydrogens is 386 g/mol. The van der Waals surface area contributed by atoms with Crippen molar-refractivity contribution in [1.82, 2.24) is 24.8 Å². The van der Waals surface area contributed by atoms with E-state index in [9.17, 15) is 4.79 Å². The van der Waals surface area contributed by atoms with E-state index < -0.39 is 0 Å². The summed E-state index contributed by atoms with van der Waals surface area (Å²) in [6, 6.07) is 11.6. The lowest BCUT2D eigenvalue weighted by molar-refractivity contribution is -0.122. The summed E-state index contributed by atoms with van der Waals surface area (Å²) in [7, 11) is 2.09. The first-order valence-corrected chi connectivity index (χ1v) is 10.2. The second-order valence-electron chi connectivity index (χ2n) is 7.48. The lowest BCUT2D eigenvalue weighted by Crippen LogP contribution is -2.47. The van der Waals surface area contributed by atoms with Crippen molar-refractivity contribution in [3.05, 3.63) is 60.1 Å². The van der Waals surface area contributed by atoms with Crippen molar-refractivity contribution in [2.24, 2.45) is 0 Å². The molecule has 7 heteroatoms. The van der Waals surface area contributed by atoms with Gasteiger partial charge in [-0.1, -0.05) is 23.7 Å².